The highest BCUT2D eigenvalue weighted by Crippen LogP contribution is 2.14. The second-order valence-corrected chi connectivity index (χ2v) is 4.45. The van der Waals surface area contributed by atoms with Crippen LogP contribution in [-0.4, -0.2) is 35.9 Å². The van der Waals surface area contributed by atoms with Crippen LogP contribution in [0.5, 0.6) is 0 Å². The van der Waals surface area contributed by atoms with Gasteiger partial charge in [-0.15, -0.1) is 0 Å². The molecule has 1 aromatic heterocycles. The molecule has 1 amide bonds. The molecule has 0 spiro atoms. The monoisotopic (exact) mass is 231 g/mol. The van der Waals surface area contributed by atoms with E-state index in [1.54, 1.807) is 18.3 Å². The summed E-state index contributed by atoms with van der Waals surface area (Å²) in [5.74, 6) is -0.397. The molecule has 17 heavy (non-hydrogen) atoms. The van der Waals surface area contributed by atoms with Gasteiger partial charge < -0.3 is 10.6 Å². The van der Waals surface area contributed by atoms with Gasteiger partial charge in [-0.25, -0.2) is 0 Å². The summed E-state index contributed by atoms with van der Waals surface area (Å²) in [5.41, 5.74) is 8.08. The van der Waals surface area contributed by atoms with Crippen molar-refractivity contribution in [2.75, 3.05) is 20.1 Å². The molecule has 0 fully saturated rings. The smallest absolute Gasteiger partial charge is 0.248 e. The largest absolute Gasteiger partial charge is 0.366 e. The topological polar surface area (TPSA) is 59.2 Å². The van der Waals surface area contributed by atoms with Crippen molar-refractivity contribution in [1.29, 1.82) is 0 Å². The van der Waals surface area contributed by atoms with Crippen LogP contribution in [0, 0.1) is 0 Å². The zero-order valence-corrected chi connectivity index (χ0v) is 10.0. The van der Waals surface area contributed by atoms with E-state index in [0.717, 1.165) is 31.6 Å². The minimum Gasteiger partial charge on any atom is -0.366 e. The van der Waals surface area contributed by atoms with Gasteiger partial charge in [0.25, 0.3) is 0 Å². The molecule has 0 saturated carbocycles. The van der Waals surface area contributed by atoms with Crippen molar-refractivity contribution < 1.29 is 4.79 Å². The van der Waals surface area contributed by atoms with E-state index in [1.165, 1.54) is 5.57 Å². The first kappa shape index (κ1) is 11.8. The average molecular weight is 231 g/mol. The molecule has 0 saturated heterocycles. The number of carbonyl (C=O) groups is 1. The van der Waals surface area contributed by atoms with Crippen LogP contribution >= 0.6 is 0 Å². The summed E-state index contributed by atoms with van der Waals surface area (Å²) < 4.78 is 0. The van der Waals surface area contributed by atoms with E-state index in [4.69, 9.17) is 5.73 Å². The lowest BCUT2D eigenvalue weighted by molar-refractivity contribution is 0.1000. The van der Waals surface area contributed by atoms with Crippen molar-refractivity contribution in [3.8, 4) is 0 Å². The standard InChI is InChI=1S/C13H17N3O/c1-16-6-3-10(4-7-16)8-12-9-11(13(14)17)2-5-15-12/h2-3,5,9H,4,6-8H2,1H3,(H2,14,17). The maximum atomic E-state index is 11.1. The fraction of sp³-hybridized carbons (Fsp3) is 0.385. The molecule has 4 heteroatoms. The Morgan fingerprint density at radius 1 is 1.59 bits per heavy atom. The van der Waals surface area contributed by atoms with Crippen LogP contribution in [0.4, 0.5) is 0 Å². The molecule has 2 heterocycles. The normalized spacial score (nSPS) is 16.6. The van der Waals surface area contributed by atoms with Crippen molar-refractivity contribution in [3.05, 3.63) is 41.2 Å². The van der Waals surface area contributed by atoms with E-state index in [2.05, 4.69) is 23.0 Å². The predicted octanol–water partition coefficient (Wildman–Crippen LogP) is 0.985. The molecule has 1 aliphatic heterocycles. The fourth-order valence-corrected chi connectivity index (χ4v) is 1.93. The van der Waals surface area contributed by atoms with Crippen molar-refractivity contribution in [2.24, 2.45) is 5.73 Å². The quantitative estimate of drug-likeness (QED) is 0.789. The fourth-order valence-electron chi connectivity index (χ4n) is 1.93. The Morgan fingerprint density at radius 3 is 3.06 bits per heavy atom. The molecule has 0 aliphatic carbocycles. The zero-order chi connectivity index (χ0) is 12.3. The van der Waals surface area contributed by atoms with Crippen LogP contribution in [0.2, 0.25) is 0 Å². The van der Waals surface area contributed by atoms with E-state index < -0.39 is 5.91 Å². The Morgan fingerprint density at radius 2 is 2.41 bits per heavy atom. The molecule has 2 N–H and O–H groups in total. The number of nitrogens with zero attached hydrogens (tertiary/aromatic N) is 2. The van der Waals surface area contributed by atoms with Gasteiger partial charge in [0.2, 0.25) is 5.91 Å². The summed E-state index contributed by atoms with van der Waals surface area (Å²) in [5, 5.41) is 0. The SMILES string of the molecule is CN1CC=C(Cc2cc(C(N)=O)ccn2)CC1. The molecule has 0 bridgehead atoms. The number of hydrogen-bond donors (Lipinski definition) is 1. The Labute approximate surface area is 101 Å². The summed E-state index contributed by atoms with van der Waals surface area (Å²) in [7, 11) is 2.11. The lowest BCUT2D eigenvalue weighted by Crippen LogP contribution is -2.24. The third-order valence-electron chi connectivity index (χ3n) is 3.02. The molecule has 0 unspecified atom stereocenters. The molecule has 1 aliphatic rings. The average Bonchev–Trinajstić information content (AvgIpc) is 2.32. The molecular formula is C13H17N3O. The van der Waals surface area contributed by atoms with Crippen LogP contribution in [-0.2, 0) is 6.42 Å². The van der Waals surface area contributed by atoms with Crippen LogP contribution in [0.1, 0.15) is 22.5 Å². The Balaban J connectivity index is 2.08. The van der Waals surface area contributed by atoms with Crippen molar-refractivity contribution in [3.63, 3.8) is 0 Å². The van der Waals surface area contributed by atoms with Crippen LogP contribution in [0.15, 0.2) is 30.0 Å². The summed E-state index contributed by atoms with van der Waals surface area (Å²) in [6.07, 6.45) is 5.76. The second kappa shape index (κ2) is 5.10. The third kappa shape index (κ3) is 3.14. The van der Waals surface area contributed by atoms with Gasteiger partial charge in [0.05, 0.1) is 0 Å². The van der Waals surface area contributed by atoms with Crippen molar-refractivity contribution in [1.82, 2.24) is 9.88 Å². The number of nitrogens with two attached hydrogens (primary N) is 1. The first-order valence-electron chi connectivity index (χ1n) is 5.76. The first-order valence-corrected chi connectivity index (χ1v) is 5.76. The number of carbonyl (C=O) groups excluding carboxylic acids is 1. The van der Waals surface area contributed by atoms with Gasteiger partial charge in [0.15, 0.2) is 0 Å². The van der Waals surface area contributed by atoms with E-state index in [1.807, 2.05) is 0 Å². The summed E-state index contributed by atoms with van der Waals surface area (Å²) in [6.45, 7) is 2.08. The number of hydrogen-bond acceptors (Lipinski definition) is 3. The van der Waals surface area contributed by atoms with E-state index in [-0.39, 0.29) is 0 Å². The van der Waals surface area contributed by atoms with Gasteiger partial charge in [-0.05, 0) is 25.6 Å². The summed E-state index contributed by atoms with van der Waals surface area (Å²) >= 11 is 0. The van der Waals surface area contributed by atoms with Gasteiger partial charge in [-0.3, -0.25) is 9.78 Å². The summed E-state index contributed by atoms with van der Waals surface area (Å²) in [6, 6.07) is 3.43. The number of primary amides is 1. The van der Waals surface area contributed by atoms with Gasteiger partial charge in [0, 0.05) is 37.0 Å². The molecule has 0 atom stereocenters. The van der Waals surface area contributed by atoms with Crippen LogP contribution in [0.3, 0.4) is 0 Å². The minimum absolute atomic E-state index is 0.397. The lowest BCUT2D eigenvalue weighted by Gasteiger charge is -2.21. The molecule has 2 rings (SSSR count). The first-order chi connectivity index (χ1) is 8.15. The number of aromatic nitrogens is 1. The van der Waals surface area contributed by atoms with Crippen LogP contribution < -0.4 is 5.73 Å². The van der Waals surface area contributed by atoms with Crippen LogP contribution in [0.25, 0.3) is 0 Å². The van der Waals surface area contributed by atoms with E-state index in [9.17, 15) is 4.79 Å². The molecule has 4 nitrogen and oxygen atoms in total. The van der Waals surface area contributed by atoms with E-state index in [0.29, 0.717) is 5.56 Å². The predicted molar refractivity (Wildman–Crippen MR) is 66.7 cm³/mol. The highest BCUT2D eigenvalue weighted by Gasteiger charge is 2.09. The zero-order valence-electron chi connectivity index (χ0n) is 10.0. The van der Waals surface area contributed by atoms with Gasteiger partial charge in [0.1, 0.15) is 0 Å². The number of likely N-dealkylation sites (N-methyl/N-ethyl adjacent to an activating group) is 1. The van der Waals surface area contributed by atoms with Crippen molar-refractivity contribution in [2.45, 2.75) is 12.8 Å². The van der Waals surface area contributed by atoms with Crippen molar-refractivity contribution >= 4 is 5.91 Å². The molecule has 0 radical (unpaired) electrons. The molecule has 1 aromatic rings. The Kier molecular flexibility index (Phi) is 3.54. The maximum absolute atomic E-state index is 11.1. The Hall–Kier alpha value is -1.68. The van der Waals surface area contributed by atoms with Gasteiger partial charge in [-0.2, -0.15) is 0 Å². The second-order valence-electron chi connectivity index (χ2n) is 4.45. The molecular weight excluding hydrogens is 214 g/mol. The van der Waals surface area contributed by atoms with Gasteiger partial charge in [-0.1, -0.05) is 11.6 Å². The Bertz CT molecular complexity index is 454. The third-order valence-corrected chi connectivity index (χ3v) is 3.02. The number of amides is 1. The van der Waals surface area contributed by atoms with Gasteiger partial charge >= 0.3 is 0 Å². The highest BCUT2D eigenvalue weighted by molar-refractivity contribution is 5.92. The number of rotatable bonds is 3. The molecule has 0 aromatic carbocycles. The maximum Gasteiger partial charge on any atom is 0.248 e. The highest BCUT2D eigenvalue weighted by atomic mass is 16.1. The molecule has 90 valence electrons. The van der Waals surface area contributed by atoms with E-state index >= 15 is 0 Å². The number of pyridine rings is 1. The minimum atomic E-state index is -0.397. The summed E-state index contributed by atoms with van der Waals surface area (Å²) in [4.78, 5) is 17.6. The lowest BCUT2D eigenvalue weighted by atomic mass is 10.0.